The molecular formula is C14H15N3O3. The van der Waals surface area contributed by atoms with Crippen molar-refractivity contribution in [1.82, 2.24) is 9.78 Å². The maximum Gasteiger partial charge on any atom is 0.325 e. The van der Waals surface area contributed by atoms with Crippen LogP contribution in [0.2, 0.25) is 0 Å². The van der Waals surface area contributed by atoms with Crippen LogP contribution < -0.4 is 5.73 Å². The van der Waals surface area contributed by atoms with Gasteiger partial charge in [-0.3, -0.25) is 9.59 Å². The molecule has 2 rings (SSSR count). The Labute approximate surface area is 115 Å². The van der Waals surface area contributed by atoms with Crippen molar-refractivity contribution in [3.8, 4) is 11.3 Å². The summed E-state index contributed by atoms with van der Waals surface area (Å²) in [6.07, 6.45) is 1.51. The van der Waals surface area contributed by atoms with Crippen LogP contribution in [-0.4, -0.2) is 27.1 Å². The summed E-state index contributed by atoms with van der Waals surface area (Å²) in [6.45, 7) is 1.67. The Balaban J connectivity index is 2.49. The Morgan fingerprint density at radius 2 is 2.05 bits per heavy atom. The van der Waals surface area contributed by atoms with Gasteiger partial charge in [0.05, 0.1) is 5.56 Å². The molecule has 1 aromatic carbocycles. The number of carbonyl (C=O) groups is 2. The minimum Gasteiger partial charge on any atom is -0.480 e. The summed E-state index contributed by atoms with van der Waals surface area (Å²) in [4.78, 5) is 21.9. The Kier molecular flexibility index (Phi) is 3.84. The molecule has 0 spiro atoms. The summed E-state index contributed by atoms with van der Waals surface area (Å²) >= 11 is 0. The first-order valence-electron chi connectivity index (χ1n) is 6.19. The number of nitrogens with zero attached hydrogens (tertiary/aromatic N) is 2. The van der Waals surface area contributed by atoms with Gasteiger partial charge >= 0.3 is 5.97 Å². The second-order valence-corrected chi connectivity index (χ2v) is 4.37. The highest BCUT2D eigenvalue weighted by Crippen LogP contribution is 2.26. The number of aryl methyl sites for hydroxylation is 1. The summed E-state index contributed by atoms with van der Waals surface area (Å²) in [5, 5.41) is 12.9. The molecule has 0 atom stereocenters. The van der Waals surface area contributed by atoms with Gasteiger partial charge < -0.3 is 10.8 Å². The number of nitrogens with two attached hydrogens (primary N) is 1. The maximum absolute atomic E-state index is 11.2. The zero-order valence-electron chi connectivity index (χ0n) is 11.0. The summed E-state index contributed by atoms with van der Waals surface area (Å²) in [5.74, 6) is -0.999. The fraction of sp³-hybridized carbons (Fsp3) is 0.214. The smallest absolute Gasteiger partial charge is 0.325 e. The Bertz CT molecular complexity index is 644. The summed E-state index contributed by atoms with van der Waals surface area (Å²) in [7, 11) is 0. The largest absolute Gasteiger partial charge is 0.480 e. The number of hydrogen-bond donors (Lipinski definition) is 2. The molecule has 0 fully saturated rings. The summed E-state index contributed by atoms with van der Waals surface area (Å²) in [6, 6.07) is 7.57. The van der Waals surface area contributed by atoms with Gasteiger partial charge in [-0.25, -0.2) is 4.68 Å². The topological polar surface area (TPSA) is 98.2 Å². The SMILES string of the molecule is CCc1ccc(-c2nn(CC(=O)O)c(N)c2C=O)cc1. The van der Waals surface area contributed by atoms with Crippen LogP contribution in [0.15, 0.2) is 24.3 Å². The van der Waals surface area contributed by atoms with Gasteiger partial charge in [0.2, 0.25) is 0 Å². The highest BCUT2D eigenvalue weighted by atomic mass is 16.4. The van der Waals surface area contributed by atoms with Crippen molar-refractivity contribution in [2.45, 2.75) is 19.9 Å². The number of carboxylic acids is 1. The Hall–Kier alpha value is -2.63. The monoisotopic (exact) mass is 273 g/mol. The number of rotatable bonds is 5. The van der Waals surface area contributed by atoms with E-state index in [4.69, 9.17) is 10.8 Å². The van der Waals surface area contributed by atoms with Gasteiger partial charge in [-0.15, -0.1) is 0 Å². The molecule has 0 aliphatic carbocycles. The van der Waals surface area contributed by atoms with E-state index in [1.807, 2.05) is 31.2 Å². The van der Waals surface area contributed by atoms with Gasteiger partial charge in [0.15, 0.2) is 6.29 Å². The van der Waals surface area contributed by atoms with E-state index in [0.717, 1.165) is 16.7 Å². The van der Waals surface area contributed by atoms with Crippen LogP contribution in [0.4, 0.5) is 5.82 Å². The Morgan fingerprint density at radius 1 is 1.40 bits per heavy atom. The summed E-state index contributed by atoms with van der Waals surface area (Å²) in [5.41, 5.74) is 8.29. The molecular weight excluding hydrogens is 258 g/mol. The number of aldehydes is 1. The molecule has 1 heterocycles. The molecule has 0 saturated heterocycles. The van der Waals surface area contributed by atoms with Crippen LogP contribution in [0, 0.1) is 0 Å². The van der Waals surface area contributed by atoms with Crippen LogP contribution in [0.1, 0.15) is 22.8 Å². The third-order valence-electron chi connectivity index (χ3n) is 3.07. The average molecular weight is 273 g/mol. The third-order valence-corrected chi connectivity index (χ3v) is 3.07. The number of benzene rings is 1. The van der Waals surface area contributed by atoms with E-state index in [-0.39, 0.29) is 17.9 Å². The van der Waals surface area contributed by atoms with Gasteiger partial charge in [0, 0.05) is 5.56 Å². The first kappa shape index (κ1) is 13.8. The molecule has 3 N–H and O–H groups in total. The van der Waals surface area contributed by atoms with E-state index in [9.17, 15) is 9.59 Å². The minimum absolute atomic E-state index is 0.0666. The van der Waals surface area contributed by atoms with E-state index in [1.54, 1.807) is 0 Å². The lowest BCUT2D eigenvalue weighted by molar-refractivity contribution is -0.137. The molecule has 2 aromatic rings. The number of hydrogen-bond acceptors (Lipinski definition) is 4. The predicted octanol–water partition coefficient (Wildman–Crippen LogP) is 1.59. The van der Waals surface area contributed by atoms with Gasteiger partial charge in [-0.1, -0.05) is 31.2 Å². The zero-order chi connectivity index (χ0) is 14.7. The maximum atomic E-state index is 11.2. The average Bonchev–Trinajstić information content (AvgIpc) is 2.75. The zero-order valence-corrected chi connectivity index (χ0v) is 11.0. The highest BCUT2D eigenvalue weighted by Gasteiger charge is 2.17. The third kappa shape index (κ3) is 2.54. The van der Waals surface area contributed by atoms with Crippen molar-refractivity contribution in [2.75, 3.05) is 5.73 Å². The first-order chi connectivity index (χ1) is 9.56. The van der Waals surface area contributed by atoms with Gasteiger partial charge in [0.1, 0.15) is 18.1 Å². The fourth-order valence-corrected chi connectivity index (χ4v) is 1.97. The number of anilines is 1. The van der Waals surface area contributed by atoms with E-state index >= 15 is 0 Å². The van der Waals surface area contributed by atoms with Crippen molar-refractivity contribution in [3.63, 3.8) is 0 Å². The van der Waals surface area contributed by atoms with Crippen molar-refractivity contribution in [1.29, 1.82) is 0 Å². The highest BCUT2D eigenvalue weighted by molar-refractivity contribution is 5.91. The van der Waals surface area contributed by atoms with Crippen LogP contribution in [0.3, 0.4) is 0 Å². The first-order valence-corrected chi connectivity index (χ1v) is 6.19. The molecule has 104 valence electrons. The number of aromatic nitrogens is 2. The number of carbonyl (C=O) groups excluding carboxylic acids is 1. The molecule has 0 aliphatic rings. The minimum atomic E-state index is -1.07. The normalized spacial score (nSPS) is 10.4. The molecule has 20 heavy (non-hydrogen) atoms. The standard InChI is InChI=1S/C14H15N3O3/c1-2-9-3-5-10(6-4-9)13-11(8-18)14(15)17(16-13)7-12(19)20/h3-6,8H,2,7,15H2,1H3,(H,19,20). The van der Waals surface area contributed by atoms with Crippen LogP contribution in [0.5, 0.6) is 0 Å². The fourth-order valence-electron chi connectivity index (χ4n) is 1.97. The second kappa shape index (κ2) is 5.56. The lowest BCUT2D eigenvalue weighted by atomic mass is 10.1. The van der Waals surface area contributed by atoms with Crippen LogP contribution in [0.25, 0.3) is 11.3 Å². The number of carboxylic acid groups (broad SMARTS) is 1. The van der Waals surface area contributed by atoms with E-state index in [0.29, 0.717) is 12.0 Å². The molecule has 0 saturated carbocycles. The van der Waals surface area contributed by atoms with Gasteiger partial charge in [0.25, 0.3) is 0 Å². The molecule has 0 bridgehead atoms. The lowest BCUT2D eigenvalue weighted by Gasteiger charge is -2.00. The molecule has 0 aliphatic heterocycles. The van der Waals surface area contributed by atoms with Gasteiger partial charge in [-0.05, 0) is 12.0 Å². The molecule has 6 nitrogen and oxygen atoms in total. The van der Waals surface area contributed by atoms with Crippen molar-refractivity contribution < 1.29 is 14.7 Å². The quantitative estimate of drug-likeness (QED) is 0.806. The van der Waals surface area contributed by atoms with Gasteiger partial charge in [-0.2, -0.15) is 5.10 Å². The molecule has 0 radical (unpaired) electrons. The molecule has 1 aromatic heterocycles. The molecule has 6 heteroatoms. The lowest BCUT2D eigenvalue weighted by Crippen LogP contribution is -2.12. The van der Waals surface area contributed by atoms with Crippen molar-refractivity contribution in [3.05, 3.63) is 35.4 Å². The van der Waals surface area contributed by atoms with Crippen molar-refractivity contribution in [2.24, 2.45) is 0 Å². The van der Waals surface area contributed by atoms with E-state index < -0.39 is 5.97 Å². The Morgan fingerprint density at radius 3 is 2.55 bits per heavy atom. The van der Waals surface area contributed by atoms with E-state index in [1.165, 1.54) is 5.56 Å². The number of nitrogen functional groups attached to an aromatic ring is 1. The number of aliphatic carboxylic acids is 1. The van der Waals surface area contributed by atoms with Crippen molar-refractivity contribution >= 4 is 18.1 Å². The molecule has 0 unspecified atom stereocenters. The predicted molar refractivity (Wildman–Crippen MR) is 74.5 cm³/mol. The molecule has 0 amide bonds. The summed E-state index contributed by atoms with van der Waals surface area (Å²) < 4.78 is 1.12. The van der Waals surface area contributed by atoms with Crippen LogP contribution >= 0.6 is 0 Å². The van der Waals surface area contributed by atoms with E-state index in [2.05, 4.69) is 5.10 Å². The van der Waals surface area contributed by atoms with Crippen LogP contribution in [-0.2, 0) is 17.8 Å². The second-order valence-electron chi connectivity index (χ2n) is 4.37.